The highest BCUT2D eigenvalue weighted by Gasteiger charge is 2.35. The number of hydrogen-bond acceptors (Lipinski definition) is 4. The summed E-state index contributed by atoms with van der Waals surface area (Å²) in [5.41, 5.74) is 5.80. The SMILES string of the molecule is NCC(C1CCCO1)N1CCN(CC(F)(F)F)CC1. The molecule has 0 aliphatic carbocycles. The molecule has 7 heteroatoms. The predicted octanol–water partition coefficient (Wildman–Crippen LogP) is 0.673. The maximum absolute atomic E-state index is 12.3. The van der Waals surface area contributed by atoms with Gasteiger partial charge in [-0.05, 0) is 12.8 Å². The summed E-state index contributed by atoms with van der Waals surface area (Å²) in [5.74, 6) is 0. The van der Waals surface area contributed by atoms with Crippen molar-refractivity contribution in [3.05, 3.63) is 0 Å². The molecule has 2 aliphatic heterocycles. The number of nitrogens with two attached hydrogens (primary N) is 1. The Morgan fingerprint density at radius 1 is 1.21 bits per heavy atom. The van der Waals surface area contributed by atoms with Gasteiger partial charge in [-0.25, -0.2) is 0 Å². The summed E-state index contributed by atoms with van der Waals surface area (Å²) in [6.45, 7) is 2.63. The highest BCUT2D eigenvalue weighted by atomic mass is 19.4. The number of hydrogen-bond donors (Lipinski definition) is 1. The highest BCUT2D eigenvalue weighted by molar-refractivity contribution is 4.87. The minimum Gasteiger partial charge on any atom is -0.377 e. The second kappa shape index (κ2) is 6.39. The Morgan fingerprint density at radius 2 is 1.89 bits per heavy atom. The normalized spacial score (nSPS) is 28.7. The Labute approximate surface area is 111 Å². The third kappa shape index (κ3) is 4.30. The molecule has 2 saturated heterocycles. The van der Waals surface area contributed by atoms with Crippen molar-refractivity contribution in [1.82, 2.24) is 9.80 Å². The number of piperazine rings is 1. The van der Waals surface area contributed by atoms with Gasteiger partial charge < -0.3 is 10.5 Å². The minimum absolute atomic E-state index is 0.149. The zero-order valence-corrected chi connectivity index (χ0v) is 11.0. The van der Waals surface area contributed by atoms with Crippen LogP contribution >= 0.6 is 0 Å². The van der Waals surface area contributed by atoms with Gasteiger partial charge >= 0.3 is 6.18 Å². The Morgan fingerprint density at radius 3 is 2.37 bits per heavy atom. The Balaban J connectivity index is 1.81. The minimum atomic E-state index is -4.11. The first-order valence-corrected chi connectivity index (χ1v) is 6.84. The second-order valence-corrected chi connectivity index (χ2v) is 5.28. The van der Waals surface area contributed by atoms with E-state index in [2.05, 4.69) is 4.90 Å². The summed E-state index contributed by atoms with van der Waals surface area (Å²) in [5, 5.41) is 0. The quantitative estimate of drug-likeness (QED) is 0.822. The fourth-order valence-electron chi connectivity index (χ4n) is 2.95. The van der Waals surface area contributed by atoms with Gasteiger partial charge in [-0.3, -0.25) is 9.80 Å². The number of rotatable bonds is 4. The number of alkyl halides is 3. The van der Waals surface area contributed by atoms with Crippen LogP contribution in [0.3, 0.4) is 0 Å². The van der Waals surface area contributed by atoms with Crippen LogP contribution in [0.25, 0.3) is 0 Å². The van der Waals surface area contributed by atoms with E-state index >= 15 is 0 Å². The van der Waals surface area contributed by atoms with E-state index in [1.165, 1.54) is 4.90 Å². The lowest BCUT2D eigenvalue weighted by Crippen LogP contribution is -2.57. The molecule has 2 unspecified atom stereocenters. The molecule has 2 atom stereocenters. The summed E-state index contributed by atoms with van der Waals surface area (Å²) >= 11 is 0. The van der Waals surface area contributed by atoms with Crippen molar-refractivity contribution in [1.29, 1.82) is 0 Å². The highest BCUT2D eigenvalue weighted by Crippen LogP contribution is 2.22. The summed E-state index contributed by atoms with van der Waals surface area (Å²) in [4.78, 5) is 3.64. The van der Waals surface area contributed by atoms with E-state index in [-0.39, 0.29) is 12.1 Å². The smallest absolute Gasteiger partial charge is 0.377 e. The molecule has 0 amide bonds. The third-order valence-electron chi connectivity index (χ3n) is 3.91. The van der Waals surface area contributed by atoms with E-state index in [4.69, 9.17) is 10.5 Å². The van der Waals surface area contributed by atoms with Gasteiger partial charge in [-0.2, -0.15) is 13.2 Å². The third-order valence-corrected chi connectivity index (χ3v) is 3.91. The fourth-order valence-corrected chi connectivity index (χ4v) is 2.95. The van der Waals surface area contributed by atoms with Crippen LogP contribution in [0, 0.1) is 0 Å². The lowest BCUT2D eigenvalue weighted by molar-refractivity contribution is -0.150. The van der Waals surface area contributed by atoms with Gasteiger partial charge in [0.1, 0.15) is 0 Å². The molecular formula is C12H22F3N3O. The molecule has 4 nitrogen and oxygen atoms in total. The number of halogens is 3. The van der Waals surface area contributed by atoms with Crippen molar-refractivity contribution in [2.45, 2.75) is 31.2 Å². The summed E-state index contributed by atoms with van der Waals surface area (Å²) in [6.07, 6.45) is -1.90. The van der Waals surface area contributed by atoms with Crippen molar-refractivity contribution in [2.24, 2.45) is 5.73 Å². The average Bonchev–Trinajstić information content (AvgIpc) is 2.84. The summed E-state index contributed by atoms with van der Waals surface area (Å²) in [7, 11) is 0. The van der Waals surface area contributed by atoms with E-state index in [0.717, 1.165) is 19.4 Å². The Hall–Kier alpha value is -0.370. The molecule has 2 fully saturated rings. The van der Waals surface area contributed by atoms with E-state index in [1.54, 1.807) is 0 Å². The van der Waals surface area contributed by atoms with Crippen LogP contribution in [0.2, 0.25) is 0 Å². The fraction of sp³-hybridized carbons (Fsp3) is 1.00. The molecule has 0 radical (unpaired) electrons. The topological polar surface area (TPSA) is 41.7 Å². The van der Waals surface area contributed by atoms with Crippen LogP contribution in [-0.4, -0.2) is 74.0 Å². The molecule has 112 valence electrons. The monoisotopic (exact) mass is 281 g/mol. The van der Waals surface area contributed by atoms with Crippen LogP contribution < -0.4 is 5.73 Å². The van der Waals surface area contributed by atoms with Gasteiger partial charge in [0, 0.05) is 45.4 Å². The van der Waals surface area contributed by atoms with Gasteiger partial charge in [-0.1, -0.05) is 0 Å². The van der Waals surface area contributed by atoms with Crippen LogP contribution in [0.1, 0.15) is 12.8 Å². The molecule has 0 saturated carbocycles. The van der Waals surface area contributed by atoms with Gasteiger partial charge in [0.15, 0.2) is 0 Å². The standard InChI is InChI=1S/C12H22F3N3O/c13-12(14,15)9-17-3-5-18(6-4-17)10(8-16)11-2-1-7-19-11/h10-11H,1-9,16H2. The molecule has 19 heavy (non-hydrogen) atoms. The molecule has 2 heterocycles. The summed E-state index contributed by atoms with van der Waals surface area (Å²) < 4.78 is 42.6. The van der Waals surface area contributed by atoms with Gasteiger partial charge in [-0.15, -0.1) is 0 Å². The zero-order chi connectivity index (χ0) is 13.9. The summed E-state index contributed by atoms with van der Waals surface area (Å²) in [6, 6.07) is 0.149. The first-order valence-electron chi connectivity index (χ1n) is 6.84. The molecule has 2 rings (SSSR count). The van der Waals surface area contributed by atoms with Crippen LogP contribution in [0.4, 0.5) is 13.2 Å². The zero-order valence-electron chi connectivity index (χ0n) is 11.0. The molecule has 0 aromatic rings. The van der Waals surface area contributed by atoms with Crippen LogP contribution in [0.15, 0.2) is 0 Å². The Kier molecular flexibility index (Phi) is 5.05. The van der Waals surface area contributed by atoms with E-state index < -0.39 is 12.7 Å². The van der Waals surface area contributed by atoms with Crippen molar-refractivity contribution in [3.8, 4) is 0 Å². The largest absolute Gasteiger partial charge is 0.401 e. The van der Waals surface area contributed by atoms with Crippen molar-refractivity contribution >= 4 is 0 Å². The molecule has 0 bridgehead atoms. The van der Waals surface area contributed by atoms with Crippen LogP contribution in [0.5, 0.6) is 0 Å². The van der Waals surface area contributed by atoms with E-state index in [9.17, 15) is 13.2 Å². The average molecular weight is 281 g/mol. The van der Waals surface area contributed by atoms with Gasteiger partial charge in [0.25, 0.3) is 0 Å². The van der Waals surface area contributed by atoms with E-state index in [1.807, 2.05) is 0 Å². The Bertz CT molecular complexity index is 274. The van der Waals surface area contributed by atoms with Crippen molar-refractivity contribution in [2.75, 3.05) is 45.9 Å². The molecule has 2 aliphatic rings. The van der Waals surface area contributed by atoms with Crippen molar-refractivity contribution in [3.63, 3.8) is 0 Å². The molecule has 2 N–H and O–H groups in total. The number of nitrogens with zero attached hydrogens (tertiary/aromatic N) is 2. The first kappa shape index (κ1) is 15.0. The van der Waals surface area contributed by atoms with Gasteiger partial charge in [0.2, 0.25) is 0 Å². The maximum atomic E-state index is 12.3. The number of ether oxygens (including phenoxy) is 1. The van der Waals surface area contributed by atoms with E-state index in [0.29, 0.717) is 32.7 Å². The lowest BCUT2D eigenvalue weighted by atomic mass is 10.1. The van der Waals surface area contributed by atoms with Crippen molar-refractivity contribution < 1.29 is 17.9 Å². The van der Waals surface area contributed by atoms with Gasteiger partial charge in [0.05, 0.1) is 12.6 Å². The maximum Gasteiger partial charge on any atom is 0.401 e. The lowest BCUT2D eigenvalue weighted by Gasteiger charge is -2.40. The van der Waals surface area contributed by atoms with Crippen LogP contribution in [-0.2, 0) is 4.74 Å². The second-order valence-electron chi connectivity index (χ2n) is 5.28. The molecule has 0 aromatic carbocycles. The predicted molar refractivity (Wildman–Crippen MR) is 65.9 cm³/mol. The molecular weight excluding hydrogens is 259 g/mol. The molecule has 0 spiro atoms. The molecule has 0 aromatic heterocycles. The first-order chi connectivity index (χ1) is 8.99.